The average Bonchev–Trinajstić information content (AvgIpc) is 3.39. The average molecular weight is 613 g/mol. The van der Waals surface area contributed by atoms with E-state index in [1.54, 1.807) is 48.5 Å². The van der Waals surface area contributed by atoms with E-state index in [-0.39, 0.29) is 9.81 Å². The molecule has 2 aromatic rings. The summed E-state index contributed by atoms with van der Waals surface area (Å²) in [5, 5.41) is 18.0. The lowest BCUT2D eigenvalue weighted by atomic mass is 10.0. The van der Waals surface area contributed by atoms with Gasteiger partial charge in [-0.2, -0.15) is 0 Å². The number of thioether (sulfide) groups is 2. The van der Waals surface area contributed by atoms with Crippen LogP contribution in [0.2, 0.25) is 0 Å². The summed E-state index contributed by atoms with van der Waals surface area (Å²) in [6.45, 7) is 0. The van der Waals surface area contributed by atoms with Crippen LogP contribution in [0.25, 0.3) is 12.2 Å². The zero-order valence-electron chi connectivity index (χ0n) is 22.2. The summed E-state index contributed by atoms with van der Waals surface area (Å²) in [6, 6.07) is 9.76. The summed E-state index contributed by atoms with van der Waals surface area (Å²) < 4.78 is 10.2. The van der Waals surface area contributed by atoms with E-state index in [9.17, 15) is 39.0 Å². The maximum Gasteiger partial charge on any atom is 0.326 e. The predicted molar refractivity (Wildman–Crippen MR) is 154 cm³/mol. The number of methoxy groups -OCH3 is 2. The Balaban J connectivity index is 1.51. The summed E-state index contributed by atoms with van der Waals surface area (Å²) in [6.07, 6.45) is 1.83. The van der Waals surface area contributed by atoms with Gasteiger partial charge in [0.15, 0.2) is 0 Å². The van der Waals surface area contributed by atoms with Gasteiger partial charge in [-0.1, -0.05) is 24.3 Å². The summed E-state index contributed by atoms with van der Waals surface area (Å²) in [7, 11) is 2.99. The first-order chi connectivity index (χ1) is 20.0. The molecule has 12 nitrogen and oxygen atoms in total. The minimum Gasteiger partial charge on any atom is -0.497 e. The van der Waals surface area contributed by atoms with E-state index in [1.165, 1.54) is 26.4 Å². The zero-order valence-corrected chi connectivity index (χ0v) is 23.8. The number of imide groups is 2. The number of carboxylic acids is 2. The summed E-state index contributed by atoms with van der Waals surface area (Å²) in [5.74, 6) is -3.63. The van der Waals surface area contributed by atoms with Gasteiger partial charge in [-0.25, -0.2) is 9.59 Å². The number of ether oxygens (including phenoxy) is 2. The van der Waals surface area contributed by atoms with Crippen molar-refractivity contribution < 1.29 is 48.5 Å². The van der Waals surface area contributed by atoms with Crippen LogP contribution in [-0.2, 0) is 19.2 Å². The van der Waals surface area contributed by atoms with Gasteiger partial charge in [-0.05, 0) is 83.9 Å². The fourth-order valence-electron chi connectivity index (χ4n) is 4.24. The molecule has 2 saturated heterocycles. The van der Waals surface area contributed by atoms with Crippen LogP contribution in [0.15, 0.2) is 58.3 Å². The highest BCUT2D eigenvalue weighted by Gasteiger charge is 2.46. The molecule has 0 aliphatic carbocycles. The molecular weight excluding hydrogens is 588 g/mol. The maximum absolute atomic E-state index is 13.1. The van der Waals surface area contributed by atoms with Gasteiger partial charge >= 0.3 is 11.9 Å². The number of benzene rings is 2. The highest BCUT2D eigenvalue weighted by Crippen LogP contribution is 2.37. The van der Waals surface area contributed by atoms with E-state index in [0.717, 1.165) is 0 Å². The number of aliphatic carboxylic acids is 2. The number of hydrogen-bond donors (Lipinski definition) is 2. The van der Waals surface area contributed by atoms with Crippen molar-refractivity contribution in [2.75, 3.05) is 14.2 Å². The molecule has 2 aliphatic rings. The van der Waals surface area contributed by atoms with Crippen molar-refractivity contribution in [1.82, 2.24) is 9.80 Å². The van der Waals surface area contributed by atoms with E-state index < -0.39 is 59.2 Å². The Morgan fingerprint density at radius 1 is 0.690 bits per heavy atom. The second-order valence-corrected chi connectivity index (χ2v) is 10.9. The van der Waals surface area contributed by atoms with Crippen LogP contribution in [0.4, 0.5) is 9.59 Å². The number of carbonyl (C=O) groups excluding carboxylic acids is 4. The SMILES string of the molecule is COc1ccc(/C=C2\SC(=O)N([C@H](CC[C@@H](C(=O)O)N3C(=O)S/C(=C\c4ccc(OC)cc4)C3=O)C(=O)O)C2=O)cc1. The van der Waals surface area contributed by atoms with Crippen LogP contribution in [-0.4, -0.2) is 80.5 Å². The predicted octanol–water partition coefficient (Wildman–Crippen LogP) is 4.16. The van der Waals surface area contributed by atoms with Crippen molar-refractivity contribution in [2.24, 2.45) is 0 Å². The number of rotatable bonds is 11. The first kappa shape index (κ1) is 30.4. The van der Waals surface area contributed by atoms with Crippen molar-refractivity contribution in [3.8, 4) is 11.5 Å². The van der Waals surface area contributed by atoms with Gasteiger partial charge in [-0.3, -0.25) is 29.0 Å². The van der Waals surface area contributed by atoms with Gasteiger partial charge in [0.25, 0.3) is 22.3 Å². The molecule has 4 amide bonds. The molecule has 0 saturated carbocycles. The molecule has 0 unspecified atom stereocenters. The Labute approximate surface area is 247 Å². The zero-order chi connectivity index (χ0) is 30.6. The largest absolute Gasteiger partial charge is 0.497 e. The van der Waals surface area contributed by atoms with E-state index in [1.807, 2.05) is 0 Å². The highest BCUT2D eigenvalue weighted by molar-refractivity contribution is 8.18. The molecule has 0 radical (unpaired) electrons. The Bertz CT molecular complexity index is 1390. The van der Waals surface area contributed by atoms with Crippen molar-refractivity contribution in [3.05, 3.63) is 69.5 Å². The maximum atomic E-state index is 13.1. The number of nitrogens with zero attached hydrogens (tertiary/aromatic N) is 2. The van der Waals surface area contributed by atoms with Crippen molar-refractivity contribution in [3.63, 3.8) is 0 Å². The van der Waals surface area contributed by atoms with E-state index in [0.29, 0.717) is 55.9 Å². The topological polar surface area (TPSA) is 168 Å². The van der Waals surface area contributed by atoms with Crippen molar-refractivity contribution >= 4 is 69.9 Å². The second kappa shape index (κ2) is 13.0. The molecule has 14 heteroatoms. The highest BCUT2D eigenvalue weighted by atomic mass is 32.2. The van der Waals surface area contributed by atoms with Crippen LogP contribution in [0.3, 0.4) is 0 Å². The molecule has 2 atom stereocenters. The molecular formula is C28H24N2O10S2. The van der Waals surface area contributed by atoms with Crippen LogP contribution in [0.5, 0.6) is 11.5 Å². The fourth-order valence-corrected chi connectivity index (χ4v) is 6.00. The second-order valence-electron chi connectivity index (χ2n) is 8.94. The molecule has 2 heterocycles. The molecule has 2 fully saturated rings. The van der Waals surface area contributed by atoms with E-state index >= 15 is 0 Å². The molecule has 2 aliphatic heterocycles. The molecule has 2 aromatic carbocycles. The molecule has 2 N–H and O–H groups in total. The number of carboxylic acid groups (broad SMARTS) is 2. The first-order valence-corrected chi connectivity index (χ1v) is 13.9. The fraction of sp³-hybridized carbons (Fsp3) is 0.214. The van der Waals surface area contributed by atoms with E-state index in [2.05, 4.69) is 0 Å². The van der Waals surface area contributed by atoms with Gasteiger partial charge in [0, 0.05) is 0 Å². The molecule has 4 rings (SSSR count). The number of carbonyl (C=O) groups is 6. The van der Waals surface area contributed by atoms with Crippen LogP contribution in [0, 0.1) is 0 Å². The van der Waals surface area contributed by atoms with Gasteiger partial charge in [0.1, 0.15) is 23.6 Å². The Kier molecular flexibility index (Phi) is 9.38. The standard InChI is InChI=1S/C28H24N2O10S2/c1-39-17-7-3-15(4-8-17)13-21-23(31)29(27(37)41-21)19(25(33)34)11-12-20(26(35)36)30-24(32)22(42-28(30)38)14-16-5-9-18(40-2)10-6-16/h3-10,13-14,19-20H,11-12H2,1-2H3,(H,33,34)(H,35,36)/b21-13-,22-14-/t19-,20+. The van der Waals surface area contributed by atoms with Crippen molar-refractivity contribution in [1.29, 1.82) is 0 Å². The quantitative estimate of drug-likeness (QED) is 0.348. The number of amides is 4. The molecule has 42 heavy (non-hydrogen) atoms. The minimum absolute atomic E-state index is 0.0131. The lowest BCUT2D eigenvalue weighted by molar-refractivity contribution is -0.148. The molecule has 0 spiro atoms. The third kappa shape index (κ3) is 6.50. The number of hydrogen-bond acceptors (Lipinski definition) is 10. The smallest absolute Gasteiger partial charge is 0.326 e. The summed E-state index contributed by atoms with van der Waals surface area (Å²) in [5.41, 5.74) is 1.14. The molecule has 218 valence electrons. The van der Waals surface area contributed by atoms with Crippen LogP contribution < -0.4 is 9.47 Å². The van der Waals surface area contributed by atoms with Gasteiger partial charge < -0.3 is 19.7 Å². The minimum atomic E-state index is -1.73. The third-order valence-corrected chi connectivity index (χ3v) is 8.15. The molecule has 0 bridgehead atoms. The molecule has 0 aromatic heterocycles. The van der Waals surface area contributed by atoms with Gasteiger partial charge in [-0.15, -0.1) is 0 Å². The van der Waals surface area contributed by atoms with Crippen LogP contribution >= 0.6 is 23.5 Å². The third-order valence-electron chi connectivity index (χ3n) is 6.38. The first-order valence-electron chi connectivity index (χ1n) is 12.3. The van der Waals surface area contributed by atoms with E-state index in [4.69, 9.17) is 9.47 Å². The van der Waals surface area contributed by atoms with Crippen LogP contribution in [0.1, 0.15) is 24.0 Å². The normalized spacial score (nSPS) is 18.6. The Morgan fingerprint density at radius 2 is 1.02 bits per heavy atom. The summed E-state index contributed by atoms with van der Waals surface area (Å²) >= 11 is 1.11. The summed E-state index contributed by atoms with van der Waals surface area (Å²) in [4.78, 5) is 76.9. The Morgan fingerprint density at radius 3 is 1.31 bits per heavy atom. The monoisotopic (exact) mass is 612 g/mol. The lowest BCUT2D eigenvalue weighted by Gasteiger charge is -2.25. The Hall–Kier alpha value is -4.56. The van der Waals surface area contributed by atoms with Gasteiger partial charge in [0.05, 0.1) is 24.0 Å². The van der Waals surface area contributed by atoms with Gasteiger partial charge in [0.2, 0.25) is 0 Å². The lowest BCUT2D eigenvalue weighted by Crippen LogP contribution is -2.47. The van der Waals surface area contributed by atoms with Crippen molar-refractivity contribution in [2.45, 2.75) is 24.9 Å².